The number of hydrogen-bond acceptors (Lipinski definition) is 6. The molecule has 0 radical (unpaired) electrons. The van der Waals surface area contributed by atoms with Crippen LogP contribution in [0.1, 0.15) is 0 Å². The first-order chi connectivity index (χ1) is 6.02. The topological polar surface area (TPSA) is 99.4 Å². The lowest BCUT2D eigenvalue weighted by Gasteiger charge is -2.34. The fourth-order valence-electron chi connectivity index (χ4n) is 0.982. The Hall–Kier alpha value is -0.470. The lowest BCUT2D eigenvalue weighted by Crippen LogP contribution is -2.54. The van der Waals surface area contributed by atoms with Crippen LogP contribution < -0.4 is 0 Å². The maximum Gasteiger partial charge on any atom is 0.352 e. The summed E-state index contributed by atoms with van der Waals surface area (Å²) in [6, 6.07) is 0. The number of hydrogen-bond donors (Lipinski definition) is 4. The molecule has 1 fully saturated rings. The maximum absolute atomic E-state index is 9.23. The summed E-state index contributed by atoms with van der Waals surface area (Å²) in [7, 11) is 0. The Morgan fingerprint density at radius 1 is 1.31 bits per heavy atom. The number of thiocarbonyl (C=S) groups is 1. The summed E-state index contributed by atoms with van der Waals surface area (Å²) >= 11 is 4.20. The van der Waals surface area contributed by atoms with Gasteiger partial charge in [0.05, 0.1) is 6.61 Å². The molecule has 0 spiro atoms. The first kappa shape index (κ1) is 10.6. The van der Waals surface area contributed by atoms with Crippen molar-refractivity contribution < 1.29 is 29.9 Å². The summed E-state index contributed by atoms with van der Waals surface area (Å²) in [5.41, 5.74) is 0. The van der Waals surface area contributed by atoms with Crippen LogP contribution in [0.2, 0.25) is 0 Å². The van der Waals surface area contributed by atoms with Gasteiger partial charge in [0.2, 0.25) is 6.29 Å². The van der Waals surface area contributed by atoms with Crippen molar-refractivity contribution in [2.45, 2.75) is 24.6 Å². The predicted octanol–water partition coefficient (Wildman–Crippen LogP) is -1.72. The molecule has 0 aromatic rings. The molecule has 0 bridgehead atoms. The number of rotatable bonds is 1. The zero-order valence-electron chi connectivity index (χ0n) is 6.53. The maximum atomic E-state index is 9.23. The van der Waals surface area contributed by atoms with E-state index in [9.17, 15) is 5.11 Å². The lowest BCUT2D eigenvalue weighted by atomic mass is 10.1. The molecule has 0 saturated carbocycles. The molecule has 0 aromatic heterocycles. The molecular weight excluding hydrogens is 200 g/mol. The predicted molar refractivity (Wildman–Crippen MR) is 44.1 cm³/mol. The van der Waals surface area contributed by atoms with E-state index in [-0.39, 0.29) is 6.61 Å². The van der Waals surface area contributed by atoms with Crippen LogP contribution in [0.15, 0.2) is 0 Å². The first-order valence-corrected chi connectivity index (χ1v) is 3.98. The van der Waals surface area contributed by atoms with Gasteiger partial charge in [-0.05, 0) is 0 Å². The summed E-state index contributed by atoms with van der Waals surface area (Å²) in [5, 5.41) is 35.1. The van der Waals surface area contributed by atoms with Gasteiger partial charge in [0.15, 0.2) is 0 Å². The Morgan fingerprint density at radius 3 is 2.46 bits per heavy atom. The van der Waals surface area contributed by atoms with Crippen molar-refractivity contribution >= 4 is 17.5 Å². The largest absolute Gasteiger partial charge is 0.472 e. The zero-order valence-corrected chi connectivity index (χ0v) is 7.35. The molecule has 1 unspecified atom stereocenters. The summed E-state index contributed by atoms with van der Waals surface area (Å²) < 4.78 is 9.22. The molecule has 1 aliphatic rings. The van der Waals surface area contributed by atoms with Gasteiger partial charge in [0.25, 0.3) is 0 Å². The molecule has 1 saturated heterocycles. The Labute approximate surface area is 79.3 Å². The van der Waals surface area contributed by atoms with Crippen LogP contribution in [-0.2, 0) is 9.47 Å². The standard InChI is InChI=1S/C6H10O6S/c7-2-1-11-5(12-6(10)13)4(9)3(2)8/h2-5,7-9H,1H2,(H,10,13)/t2-,3+,4-,5?/m1/s1. The van der Waals surface area contributed by atoms with Crippen LogP contribution in [0, 0.1) is 0 Å². The number of aliphatic hydroxyl groups is 4. The summed E-state index contributed by atoms with van der Waals surface area (Å²) in [4.78, 5) is 0. The Morgan fingerprint density at radius 2 is 1.92 bits per heavy atom. The van der Waals surface area contributed by atoms with Gasteiger partial charge in [-0.3, -0.25) is 0 Å². The van der Waals surface area contributed by atoms with Gasteiger partial charge >= 0.3 is 5.24 Å². The van der Waals surface area contributed by atoms with E-state index >= 15 is 0 Å². The van der Waals surface area contributed by atoms with E-state index in [1.165, 1.54) is 0 Å². The highest BCUT2D eigenvalue weighted by molar-refractivity contribution is 7.79. The van der Waals surface area contributed by atoms with Gasteiger partial charge in [-0.15, -0.1) is 0 Å². The molecule has 7 heteroatoms. The van der Waals surface area contributed by atoms with Crippen molar-refractivity contribution in [1.29, 1.82) is 0 Å². The second-order valence-corrected chi connectivity index (χ2v) is 2.98. The SMILES string of the molecule is OC(=S)OC1OC[C@@H](O)[C@H](O)[C@H]1O. The van der Waals surface area contributed by atoms with Crippen LogP contribution in [0.25, 0.3) is 0 Å². The number of ether oxygens (including phenoxy) is 2. The van der Waals surface area contributed by atoms with Crippen LogP contribution in [0.4, 0.5) is 0 Å². The highest BCUT2D eigenvalue weighted by Gasteiger charge is 2.39. The molecule has 4 atom stereocenters. The lowest BCUT2D eigenvalue weighted by molar-refractivity contribution is -0.248. The average Bonchev–Trinajstić information content (AvgIpc) is 2.06. The van der Waals surface area contributed by atoms with E-state index in [0.717, 1.165) is 0 Å². The molecular formula is C6H10O6S. The molecule has 1 aliphatic heterocycles. The molecule has 13 heavy (non-hydrogen) atoms. The average molecular weight is 210 g/mol. The van der Waals surface area contributed by atoms with Crippen LogP contribution in [-0.4, -0.2) is 56.9 Å². The third kappa shape index (κ3) is 2.48. The van der Waals surface area contributed by atoms with E-state index in [2.05, 4.69) is 17.0 Å². The third-order valence-corrected chi connectivity index (χ3v) is 1.77. The Balaban J connectivity index is 2.53. The normalized spacial score (nSPS) is 39.9. The highest BCUT2D eigenvalue weighted by Crippen LogP contribution is 2.16. The Kier molecular flexibility index (Phi) is 3.40. The highest BCUT2D eigenvalue weighted by atomic mass is 32.1. The monoisotopic (exact) mass is 210 g/mol. The summed E-state index contributed by atoms with van der Waals surface area (Å²) in [6.07, 6.45) is -5.21. The van der Waals surface area contributed by atoms with Crippen molar-refractivity contribution in [3.05, 3.63) is 0 Å². The van der Waals surface area contributed by atoms with E-state index in [0.29, 0.717) is 0 Å². The van der Waals surface area contributed by atoms with Crippen LogP contribution >= 0.6 is 12.2 Å². The van der Waals surface area contributed by atoms with Crippen LogP contribution in [0.5, 0.6) is 0 Å². The van der Waals surface area contributed by atoms with E-state index < -0.39 is 29.8 Å². The van der Waals surface area contributed by atoms with E-state index in [4.69, 9.17) is 20.1 Å². The van der Waals surface area contributed by atoms with E-state index in [1.54, 1.807) is 0 Å². The van der Waals surface area contributed by atoms with Crippen molar-refractivity contribution in [1.82, 2.24) is 0 Å². The quantitative estimate of drug-likeness (QED) is 0.382. The molecule has 1 heterocycles. The smallest absolute Gasteiger partial charge is 0.352 e. The van der Waals surface area contributed by atoms with Crippen molar-refractivity contribution in [2.24, 2.45) is 0 Å². The zero-order chi connectivity index (χ0) is 10.0. The minimum atomic E-state index is -1.44. The van der Waals surface area contributed by atoms with Gasteiger partial charge in [0.1, 0.15) is 18.3 Å². The van der Waals surface area contributed by atoms with Gasteiger partial charge in [0, 0.05) is 12.2 Å². The van der Waals surface area contributed by atoms with Crippen molar-refractivity contribution in [3.63, 3.8) is 0 Å². The van der Waals surface area contributed by atoms with Gasteiger partial charge in [-0.2, -0.15) is 0 Å². The Bertz CT molecular complexity index is 198. The molecule has 0 aliphatic carbocycles. The second kappa shape index (κ2) is 4.16. The second-order valence-electron chi connectivity index (χ2n) is 2.63. The fraction of sp³-hybridized carbons (Fsp3) is 0.833. The molecule has 76 valence electrons. The molecule has 6 nitrogen and oxygen atoms in total. The molecule has 0 aromatic carbocycles. The first-order valence-electron chi connectivity index (χ1n) is 3.57. The van der Waals surface area contributed by atoms with Gasteiger partial charge in [-0.25, -0.2) is 0 Å². The van der Waals surface area contributed by atoms with Crippen LogP contribution in [0.3, 0.4) is 0 Å². The number of aliphatic hydroxyl groups excluding tert-OH is 4. The molecule has 1 rings (SSSR count). The fourth-order valence-corrected chi connectivity index (χ4v) is 1.08. The van der Waals surface area contributed by atoms with Crippen molar-refractivity contribution in [3.8, 4) is 0 Å². The molecule has 4 N–H and O–H groups in total. The summed E-state index contributed by atoms with van der Waals surface area (Å²) in [5.74, 6) is 0. The minimum absolute atomic E-state index is 0.189. The van der Waals surface area contributed by atoms with Gasteiger partial charge in [-0.1, -0.05) is 0 Å². The van der Waals surface area contributed by atoms with Gasteiger partial charge < -0.3 is 29.9 Å². The summed E-state index contributed by atoms with van der Waals surface area (Å²) in [6.45, 7) is -0.189. The third-order valence-electron chi connectivity index (χ3n) is 1.67. The van der Waals surface area contributed by atoms with Crippen molar-refractivity contribution in [2.75, 3.05) is 6.61 Å². The minimum Gasteiger partial charge on any atom is -0.472 e. The molecule has 0 amide bonds. The van der Waals surface area contributed by atoms with E-state index in [1.807, 2.05) is 0 Å².